The van der Waals surface area contributed by atoms with Gasteiger partial charge in [0.2, 0.25) is 5.91 Å². The van der Waals surface area contributed by atoms with Crippen molar-refractivity contribution in [2.24, 2.45) is 0 Å². The smallest absolute Gasteiger partial charge is 0.331 e. The molecule has 7 heteroatoms. The molecule has 32 heavy (non-hydrogen) atoms. The molecule has 0 fully saturated rings. The largest absolute Gasteiger partial charge is 0.355 e. The highest BCUT2D eigenvalue weighted by Gasteiger charge is 2.15. The minimum atomic E-state index is -0.454. The van der Waals surface area contributed by atoms with E-state index in [1.54, 1.807) is 35.6 Å². The number of carbonyl (C=O) groups excluding carboxylic acids is 1. The first-order chi connectivity index (χ1) is 15.6. The normalized spacial score (nSPS) is 11.0. The van der Waals surface area contributed by atoms with Gasteiger partial charge in [0.15, 0.2) is 0 Å². The topological polar surface area (TPSA) is 73.1 Å². The van der Waals surface area contributed by atoms with Crippen molar-refractivity contribution in [3.8, 4) is 0 Å². The molecule has 164 valence electrons. The van der Waals surface area contributed by atoms with Crippen LogP contribution in [0.3, 0.4) is 0 Å². The van der Waals surface area contributed by atoms with Crippen LogP contribution in [-0.2, 0) is 30.7 Å². The van der Waals surface area contributed by atoms with Crippen molar-refractivity contribution in [2.75, 3.05) is 6.54 Å². The van der Waals surface area contributed by atoms with Gasteiger partial charge >= 0.3 is 5.69 Å². The molecule has 0 bridgehead atoms. The Kier molecular flexibility index (Phi) is 6.97. The average molecular weight is 448 g/mol. The zero-order valence-electron chi connectivity index (χ0n) is 17.7. The van der Waals surface area contributed by atoms with Gasteiger partial charge in [-0.1, -0.05) is 48.5 Å². The number of hydrogen-bond acceptors (Lipinski definition) is 4. The molecule has 1 amide bonds. The lowest BCUT2D eigenvalue weighted by Crippen LogP contribution is -2.43. The highest BCUT2D eigenvalue weighted by atomic mass is 32.1. The van der Waals surface area contributed by atoms with Crippen LogP contribution in [0, 0.1) is 0 Å². The average Bonchev–Trinajstić information content (AvgIpc) is 3.34. The summed E-state index contributed by atoms with van der Waals surface area (Å²) in [5.74, 6) is -0.242. The molecular formula is C25H25N3O3S. The molecule has 4 rings (SSSR count). The third-order valence-corrected chi connectivity index (χ3v) is 6.34. The van der Waals surface area contributed by atoms with Crippen molar-refractivity contribution in [2.45, 2.75) is 32.4 Å². The van der Waals surface area contributed by atoms with E-state index in [1.165, 1.54) is 14.7 Å². The molecule has 0 aliphatic heterocycles. The molecule has 0 saturated carbocycles. The van der Waals surface area contributed by atoms with Crippen molar-refractivity contribution in [3.63, 3.8) is 0 Å². The van der Waals surface area contributed by atoms with Crippen LogP contribution < -0.4 is 16.6 Å². The number of aromatic nitrogens is 2. The second kappa shape index (κ2) is 10.2. The number of nitrogens with one attached hydrogen (secondary N) is 1. The van der Waals surface area contributed by atoms with Crippen molar-refractivity contribution in [1.29, 1.82) is 0 Å². The van der Waals surface area contributed by atoms with Crippen molar-refractivity contribution >= 4 is 28.1 Å². The molecule has 0 atom stereocenters. The first-order valence-electron chi connectivity index (χ1n) is 10.7. The van der Waals surface area contributed by atoms with Crippen LogP contribution in [0.25, 0.3) is 10.9 Å². The molecule has 4 aromatic rings. The standard InChI is InChI=1S/C25H25N3O3S/c29-23(26-15-6-10-19-8-2-1-3-9-19)18-28-22-13-5-4-12-21(22)24(30)27(25(28)31)16-14-20-11-7-17-32-20/h1-5,7-9,11-13,17H,6,10,14-16,18H2,(H,26,29). The van der Waals surface area contributed by atoms with E-state index < -0.39 is 5.69 Å². The van der Waals surface area contributed by atoms with Gasteiger partial charge in [0.1, 0.15) is 6.54 Å². The van der Waals surface area contributed by atoms with Gasteiger partial charge in [-0.3, -0.25) is 18.7 Å². The first-order valence-corrected chi connectivity index (χ1v) is 11.6. The van der Waals surface area contributed by atoms with E-state index in [-0.39, 0.29) is 24.6 Å². The highest BCUT2D eigenvalue weighted by Crippen LogP contribution is 2.11. The van der Waals surface area contributed by atoms with Gasteiger partial charge < -0.3 is 5.32 Å². The number of rotatable bonds is 9. The zero-order valence-corrected chi connectivity index (χ0v) is 18.5. The maximum atomic E-state index is 13.2. The summed E-state index contributed by atoms with van der Waals surface area (Å²) in [7, 11) is 0. The van der Waals surface area contributed by atoms with Crippen molar-refractivity contribution in [3.05, 3.63) is 103 Å². The van der Waals surface area contributed by atoms with Crippen LogP contribution in [0.1, 0.15) is 16.9 Å². The summed E-state index contributed by atoms with van der Waals surface area (Å²) in [6, 6.07) is 21.0. The Hall–Kier alpha value is -3.45. The van der Waals surface area contributed by atoms with Crippen molar-refractivity contribution < 1.29 is 4.79 Å². The number of para-hydroxylation sites is 1. The Labute approximate surface area is 189 Å². The molecule has 0 unspecified atom stereocenters. The summed E-state index contributed by atoms with van der Waals surface area (Å²) in [5, 5.41) is 5.31. The van der Waals surface area contributed by atoms with Gasteiger partial charge in [-0.15, -0.1) is 11.3 Å². The Morgan fingerprint density at radius 3 is 2.44 bits per heavy atom. The van der Waals surface area contributed by atoms with E-state index >= 15 is 0 Å². The van der Waals surface area contributed by atoms with E-state index in [0.29, 0.717) is 23.9 Å². The number of amides is 1. The monoisotopic (exact) mass is 447 g/mol. The lowest BCUT2D eigenvalue weighted by atomic mass is 10.1. The summed E-state index contributed by atoms with van der Waals surface area (Å²) in [4.78, 5) is 39.8. The van der Waals surface area contributed by atoms with Gasteiger partial charge in [-0.25, -0.2) is 4.79 Å². The highest BCUT2D eigenvalue weighted by molar-refractivity contribution is 7.09. The number of fused-ring (bicyclic) bond motifs is 1. The van der Waals surface area contributed by atoms with Crippen LogP contribution in [-0.4, -0.2) is 21.6 Å². The molecule has 0 aliphatic rings. The van der Waals surface area contributed by atoms with Crippen LogP contribution in [0.5, 0.6) is 0 Å². The number of thiophene rings is 1. The predicted molar refractivity (Wildman–Crippen MR) is 128 cm³/mol. The fourth-order valence-corrected chi connectivity index (χ4v) is 4.46. The fourth-order valence-electron chi connectivity index (χ4n) is 3.76. The molecule has 1 N–H and O–H groups in total. The molecule has 2 aromatic heterocycles. The second-order valence-corrected chi connectivity index (χ2v) is 8.64. The minimum absolute atomic E-state index is 0.121. The summed E-state index contributed by atoms with van der Waals surface area (Å²) in [6.45, 7) is 0.685. The lowest BCUT2D eigenvalue weighted by Gasteiger charge is -2.14. The molecule has 0 saturated heterocycles. The number of hydrogen-bond donors (Lipinski definition) is 1. The summed E-state index contributed by atoms with van der Waals surface area (Å²) in [6.07, 6.45) is 2.28. The number of aryl methyl sites for hydroxylation is 2. The Morgan fingerprint density at radius 1 is 0.875 bits per heavy atom. The number of benzene rings is 2. The summed E-state index contributed by atoms with van der Waals surface area (Å²) >= 11 is 1.59. The van der Waals surface area contributed by atoms with Crippen LogP contribution >= 0.6 is 11.3 Å². The van der Waals surface area contributed by atoms with Gasteiger partial charge in [0, 0.05) is 18.0 Å². The molecule has 0 radical (unpaired) electrons. The number of nitrogens with zero attached hydrogens (tertiary/aromatic N) is 2. The van der Waals surface area contributed by atoms with Crippen LogP contribution in [0.2, 0.25) is 0 Å². The van der Waals surface area contributed by atoms with E-state index in [1.807, 2.05) is 35.7 Å². The quantitative estimate of drug-likeness (QED) is 0.401. The molecule has 0 spiro atoms. The maximum absolute atomic E-state index is 13.2. The number of carbonyl (C=O) groups is 1. The molecule has 6 nitrogen and oxygen atoms in total. The van der Waals surface area contributed by atoms with Gasteiger partial charge in [0.25, 0.3) is 5.56 Å². The van der Waals surface area contributed by atoms with E-state index in [9.17, 15) is 14.4 Å². The van der Waals surface area contributed by atoms with Gasteiger partial charge in [0.05, 0.1) is 10.9 Å². The molecule has 2 aromatic carbocycles. The third kappa shape index (κ3) is 5.06. The predicted octanol–water partition coefficient (Wildman–Crippen LogP) is 3.22. The van der Waals surface area contributed by atoms with E-state index in [4.69, 9.17) is 0 Å². The molecule has 2 heterocycles. The second-order valence-electron chi connectivity index (χ2n) is 7.61. The van der Waals surface area contributed by atoms with Crippen LogP contribution in [0.4, 0.5) is 0 Å². The SMILES string of the molecule is O=C(Cn1c(=O)n(CCc2cccs2)c(=O)c2ccccc21)NCCCc1ccccc1. The summed E-state index contributed by atoms with van der Waals surface area (Å²) < 4.78 is 2.64. The third-order valence-electron chi connectivity index (χ3n) is 5.40. The van der Waals surface area contributed by atoms with Crippen LogP contribution in [0.15, 0.2) is 81.7 Å². The zero-order chi connectivity index (χ0) is 22.3. The van der Waals surface area contributed by atoms with Gasteiger partial charge in [-0.2, -0.15) is 0 Å². The molecule has 0 aliphatic carbocycles. The summed E-state index contributed by atoms with van der Waals surface area (Å²) in [5.41, 5.74) is 0.933. The fraction of sp³-hybridized carbons (Fsp3) is 0.240. The van der Waals surface area contributed by atoms with Gasteiger partial charge in [-0.05, 0) is 48.4 Å². The van der Waals surface area contributed by atoms with E-state index in [2.05, 4.69) is 17.4 Å². The Morgan fingerprint density at radius 2 is 1.66 bits per heavy atom. The minimum Gasteiger partial charge on any atom is -0.355 e. The Bertz CT molecular complexity index is 1310. The van der Waals surface area contributed by atoms with E-state index in [0.717, 1.165) is 17.7 Å². The maximum Gasteiger partial charge on any atom is 0.331 e. The molecular weight excluding hydrogens is 422 g/mol. The van der Waals surface area contributed by atoms with Crippen molar-refractivity contribution in [1.82, 2.24) is 14.5 Å². The Balaban J connectivity index is 1.50. The lowest BCUT2D eigenvalue weighted by molar-refractivity contribution is -0.121. The first kappa shape index (κ1) is 21.8.